The number of hydrogen-bond donors (Lipinski definition) is 3. The highest BCUT2D eigenvalue weighted by atomic mass is 35.5. The largest absolute Gasteiger partial charge is 0.364 e. The highest BCUT2D eigenvalue weighted by molar-refractivity contribution is 6.34. The van der Waals surface area contributed by atoms with Gasteiger partial charge in [-0.05, 0) is 24.3 Å². The Bertz CT molecular complexity index is 1180. The Hall–Kier alpha value is -3.72. The molecule has 0 fully saturated rings. The van der Waals surface area contributed by atoms with E-state index in [0.29, 0.717) is 5.52 Å². The van der Waals surface area contributed by atoms with Gasteiger partial charge in [0.05, 0.1) is 21.7 Å². The molecule has 8 nitrogen and oxygen atoms in total. The van der Waals surface area contributed by atoms with Crippen LogP contribution < -0.4 is 11.1 Å². The van der Waals surface area contributed by atoms with Crippen molar-refractivity contribution in [3.8, 4) is 5.95 Å². The number of nitrogens with zero attached hydrogens (tertiary/aromatic N) is 3. The summed E-state index contributed by atoms with van der Waals surface area (Å²) >= 11 is 5.92. The molecule has 0 saturated carbocycles. The number of benzene rings is 2. The molecule has 4 aromatic rings. The Balaban J connectivity index is 1.76. The third-order valence-corrected chi connectivity index (χ3v) is 4.34. The van der Waals surface area contributed by atoms with E-state index in [4.69, 9.17) is 17.3 Å². The number of amides is 2. The number of imidazole rings is 2. The normalized spacial score (nSPS) is 10.9. The third kappa shape index (κ3) is 2.97. The fraction of sp³-hybridized carbons (Fsp3) is 0. The van der Waals surface area contributed by atoms with Crippen molar-refractivity contribution in [1.82, 2.24) is 19.5 Å². The van der Waals surface area contributed by atoms with Crippen LogP contribution in [0.15, 0.2) is 48.8 Å². The number of H-pyrrole nitrogens is 1. The molecule has 4 rings (SSSR count). The maximum Gasteiger partial charge on any atom is 0.276 e. The van der Waals surface area contributed by atoms with E-state index >= 15 is 0 Å². The molecule has 140 valence electrons. The fourth-order valence-electron chi connectivity index (χ4n) is 2.75. The molecule has 28 heavy (non-hydrogen) atoms. The van der Waals surface area contributed by atoms with Gasteiger partial charge < -0.3 is 16.0 Å². The van der Waals surface area contributed by atoms with E-state index in [1.165, 1.54) is 23.0 Å². The van der Waals surface area contributed by atoms with Gasteiger partial charge in [0, 0.05) is 0 Å². The van der Waals surface area contributed by atoms with Gasteiger partial charge in [-0.25, -0.2) is 14.4 Å². The Kier molecular flexibility index (Phi) is 4.28. The lowest BCUT2D eigenvalue weighted by Crippen LogP contribution is -2.23. The molecule has 0 saturated heterocycles. The number of anilines is 1. The van der Waals surface area contributed by atoms with Gasteiger partial charge in [-0.2, -0.15) is 0 Å². The molecule has 10 heteroatoms. The summed E-state index contributed by atoms with van der Waals surface area (Å²) in [5, 5.41) is 2.33. The summed E-state index contributed by atoms with van der Waals surface area (Å²) in [6.07, 6.45) is 1.23. The van der Waals surface area contributed by atoms with E-state index in [1.807, 2.05) is 12.1 Å². The molecule has 0 aliphatic heterocycles. The number of nitrogens with one attached hydrogen (secondary N) is 2. The minimum absolute atomic E-state index is 0.00527. The summed E-state index contributed by atoms with van der Waals surface area (Å²) in [6.45, 7) is 0. The van der Waals surface area contributed by atoms with Crippen molar-refractivity contribution >= 4 is 40.1 Å². The molecule has 0 aliphatic rings. The van der Waals surface area contributed by atoms with Crippen molar-refractivity contribution < 1.29 is 14.0 Å². The average molecular weight is 399 g/mol. The zero-order valence-corrected chi connectivity index (χ0v) is 14.9. The first-order chi connectivity index (χ1) is 13.5. The molecule has 0 radical (unpaired) electrons. The first-order valence-electron chi connectivity index (χ1n) is 8.03. The standard InChI is InChI=1S/C18H12ClFN6O2/c19-9-4-3-5-10(20)13(9)25-17(28)14-15(16(21)27)26(8-22-14)18-23-11-6-1-2-7-12(11)24-18/h1-8H,(H2,21,27)(H,23,24)(H,25,28). The van der Waals surface area contributed by atoms with Crippen molar-refractivity contribution in [2.75, 3.05) is 5.32 Å². The SMILES string of the molecule is NC(=O)c1c(C(=O)Nc2c(F)cccc2Cl)ncn1-c1nc2ccccc2[nH]1. The summed E-state index contributed by atoms with van der Waals surface area (Å²) in [7, 11) is 0. The number of hydrogen-bond acceptors (Lipinski definition) is 4. The first-order valence-corrected chi connectivity index (χ1v) is 8.41. The van der Waals surface area contributed by atoms with Crippen molar-refractivity contribution in [3.63, 3.8) is 0 Å². The molecule has 2 amide bonds. The Morgan fingerprint density at radius 2 is 1.96 bits per heavy atom. The van der Waals surface area contributed by atoms with E-state index in [-0.39, 0.29) is 28.0 Å². The number of primary amides is 1. The summed E-state index contributed by atoms with van der Waals surface area (Å²) in [4.78, 5) is 36.0. The zero-order chi connectivity index (χ0) is 19.8. The van der Waals surface area contributed by atoms with Gasteiger partial charge >= 0.3 is 0 Å². The molecular formula is C18H12ClFN6O2. The highest BCUT2D eigenvalue weighted by Crippen LogP contribution is 2.25. The number of aromatic amines is 1. The van der Waals surface area contributed by atoms with Gasteiger partial charge in [0.1, 0.15) is 17.8 Å². The average Bonchev–Trinajstić information content (AvgIpc) is 3.28. The highest BCUT2D eigenvalue weighted by Gasteiger charge is 2.25. The number of nitrogens with two attached hydrogens (primary N) is 1. The van der Waals surface area contributed by atoms with Crippen LogP contribution in [0.25, 0.3) is 17.0 Å². The van der Waals surface area contributed by atoms with Crippen LogP contribution in [-0.2, 0) is 0 Å². The van der Waals surface area contributed by atoms with Crippen molar-refractivity contribution in [3.05, 3.63) is 71.0 Å². The van der Waals surface area contributed by atoms with Gasteiger partial charge in [-0.15, -0.1) is 0 Å². The van der Waals surface area contributed by atoms with Crippen LogP contribution in [0, 0.1) is 5.82 Å². The molecule has 4 N–H and O–H groups in total. The lowest BCUT2D eigenvalue weighted by molar-refractivity contribution is 0.0970. The summed E-state index contributed by atoms with van der Waals surface area (Å²) < 4.78 is 15.2. The van der Waals surface area contributed by atoms with Crippen molar-refractivity contribution in [2.45, 2.75) is 0 Å². The molecule has 0 aliphatic carbocycles. The van der Waals surface area contributed by atoms with Crippen LogP contribution in [0.1, 0.15) is 21.0 Å². The Morgan fingerprint density at radius 3 is 2.68 bits per heavy atom. The van der Waals surface area contributed by atoms with E-state index in [2.05, 4.69) is 20.3 Å². The van der Waals surface area contributed by atoms with E-state index < -0.39 is 17.6 Å². The molecule has 2 aromatic heterocycles. The summed E-state index contributed by atoms with van der Waals surface area (Å²) in [6, 6.07) is 11.2. The quantitative estimate of drug-likeness (QED) is 0.489. The minimum atomic E-state index is -0.900. The second-order valence-electron chi connectivity index (χ2n) is 5.80. The van der Waals surface area contributed by atoms with Crippen LogP contribution >= 0.6 is 11.6 Å². The van der Waals surface area contributed by atoms with Crippen LogP contribution in [0.5, 0.6) is 0 Å². The number of para-hydroxylation sites is 3. The smallest absolute Gasteiger partial charge is 0.276 e. The molecule has 0 spiro atoms. The Labute approximate surface area is 162 Å². The van der Waals surface area contributed by atoms with Gasteiger partial charge in [0.25, 0.3) is 11.8 Å². The maximum absolute atomic E-state index is 13.9. The Morgan fingerprint density at radius 1 is 1.18 bits per heavy atom. The second-order valence-corrected chi connectivity index (χ2v) is 6.21. The monoisotopic (exact) mass is 398 g/mol. The lowest BCUT2D eigenvalue weighted by Gasteiger charge is -2.08. The predicted octanol–water partition coefficient (Wildman–Crippen LogP) is 2.89. The number of halogens is 2. The van der Waals surface area contributed by atoms with E-state index in [1.54, 1.807) is 12.1 Å². The number of aromatic nitrogens is 4. The number of rotatable bonds is 4. The number of fused-ring (bicyclic) bond motifs is 1. The number of carbonyl (C=O) groups is 2. The molecule has 0 atom stereocenters. The summed E-state index contributed by atoms with van der Waals surface area (Å²) in [5.74, 6) is -2.21. The molecule has 2 heterocycles. The lowest BCUT2D eigenvalue weighted by atomic mass is 10.2. The molecule has 0 unspecified atom stereocenters. The number of carbonyl (C=O) groups excluding carboxylic acids is 2. The summed E-state index contributed by atoms with van der Waals surface area (Å²) in [5.41, 5.74) is 6.14. The van der Waals surface area contributed by atoms with Gasteiger partial charge in [0.2, 0.25) is 5.95 Å². The van der Waals surface area contributed by atoms with E-state index in [0.717, 1.165) is 11.6 Å². The second kappa shape index (κ2) is 6.78. The predicted molar refractivity (Wildman–Crippen MR) is 101 cm³/mol. The van der Waals surface area contributed by atoms with Crippen LogP contribution in [-0.4, -0.2) is 31.3 Å². The van der Waals surface area contributed by atoms with Gasteiger partial charge in [-0.3, -0.25) is 14.2 Å². The fourth-order valence-corrected chi connectivity index (χ4v) is 2.96. The van der Waals surface area contributed by atoms with Crippen LogP contribution in [0.3, 0.4) is 0 Å². The van der Waals surface area contributed by atoms with Crippen LogP contribution in [0.4, 0.5) is 10.1 Å². The van der Waals surface area contributed by atoms with Crippen molar-refractivity contribution in [1.29, 1.82) is 0 Å². The van der Waals surface area contributed by atoms with Gasteiger partial charge in [0.15, 0.2) is 5.69 Å². The van der Waals surface area contributed by atoms with Crippen molar-refractivity contribution in [2.24, 2.45) is 5.73 Å². The van der Waals surface area contributed by atoms with Crippen LogP contribution in [0.2, 0.25) is 5.02 Å². The molecular weight excluding hydrogens is 387 g/mol. The minimum Gasteiger partial charge on any atom is -0.364 e. The molecule has 2 aromatic carbocycles. The zero-order valence-electron chi connectivity index (χ0n) is 14.1. The third-order valence-electron chi connectivity index (χ3n) is 4.02. The van der Waals surface area contributed by atoms with E-state index in [9.17, 15) is 14.0 Å². The maximum atomic E-state index is 13.9. The topological polar surface area (TPSA) is 119 Å². The molecule has 0 bridgehead atoms. The van der Waals surface area contributed by atoms with Gasteiger partial charge in [-0.1, -0.05) is 29.8 Å². The first kappa shape index (κ1) is 17.7.